The van der Waals surface area contributed by atoms with Crippen LogP contribution in [0.4, 0.5) is 0 Å². The second kappa shape index (κ2) is 2.84. The van der Waals surface area contributed by atoms with Gasteiger partial charge < -0.3 is 5.73 Å². The van der Waals surface area contributed by atoms with Crippen LogP contribution in [-0.4, -0.2) is 11.3 Å². The Labute approximate surface area is 73.5 Å². The van der Waals surface area contributed by atoms with Crippen LogP contribution in [0.2, 0.25) is 0 Å². The monoisotopic (exact) mass is 167 g/mol. The zero-order valence-electron chi connectivity index (χ0n) is 7.51. The van der Waals surface area contributed by atoms with Crippen LogP contribution in [0.3, 0.4) is 0 Å². The summed E-state index contributed by atoms with van der Waals surface area (Å²) in [6.07, 6.45) is 7.58. The lowest BCUT2D eigenvalue weighted by molar-refractivity contribution is -0.130. The highest BCUT2D eigenvalue weighted by Crippen LogP contribution is 2.36. The van der Waals surface area contributed by atoms with Gasteiger partial charge in [0.15, 0.2) is 5.78 Å². The molecule has 2 aliphatic carbocycles. The first-order chi connectivity index (χ1) is 5.72. The summed E-state index contributed by atoms with van der Waals surface area (Å²) in [4.78, 5) is 11.8. The lowest BCUT2D eigenvalue weighted by Gasteiger charge is -2.32. The third kappa shape index (κ3) is 1.18. The summed E-state index contributed by atoms with van der Waals surface area (Å²) in [5, 5.41) is 0. The predicted molar refractivity (Wildman–Crippen MR) is 47.7 cm³/mol. The molecule has 0 bridgehead atoms. The third-order valence-electron chi connectivity index (χ3n) is 3.46. The van der Waals surface area contributed by atoms with Gasteiger partial charge in [-0.1, -0.05) is 19.3 Å². The molecule has 12 heavy (non-hydrogen) atoms. The van der Waals surface area contributed by atoms with Crippen molar-refractivity contribution in [2.75, 3.05) is 0 Å². The van der Waals surface area contributed by atoms with Crippen molar-refractivity contribution in [1.82, 2.24) is 0 Å². The Bertz CT molecular complexity index is 190. The lowest BCUT2D eigenvalue weighted by Crippen LogP contribution is -2.49. The van der Waals surface area contributed by atoms with Crippen LogP contribution in [0.5, 0.6) is 0 Å². The average Bonchev–Trinajstić information content (AvgIpc) is 2.33. The van der Waals surface area contributed by atoms with E-state index in [1.165, 1.54) is 6.42 Å². The second-order valence-electron chi connectivity index (χ2n) is 4.36. The molecule has 0 aromatic carbocycles. The van der Waals surface area contributed by atoms with Gasteiger partial charge >= 0.3 is 0 Å². The quantitative estimate of drug-likeness (QED) is 0.679. The standard InChI is InChI=1S/C10H17NO/c11-10(6-1-2-7-10)9(12)8-4-3-5-8/h8H,1-7,11H2. The number of ketones is 1. The van der Waals surface area contributed by atoms with Crippen molar-refractivity contribution in [3.05, 3.63) is 0 Å². The maximum atomic E-state index is 11.8. The smallest absolute Gasteiger partial charge is 0.155 e. The van der Waals surface area contributed by atoms with Crippen LogP contribution in [0, 0.1) is 5.92 Å². The van der Waals surface area contributed by atoms with Gasteiger partial charge in [0.05, 0.1) is 5.54 Å². The Kier molecular flexibility index (Phi) is 1.95. The van der Waals surface area contributed by atoms with Crippen LogP contribution in [0.1, 0.15) is 44.9 Å². The van der Waals surface area contributed by atoms with Gasteiger partial charge in [-0.05, 0) is 25.7 Å². The van der Waals surface area contributed by atoms with Gasteiger partial charge in [-0.2, -0.15) is 0 Å². The number of carbonyl (C=O) groups is 1. The van der Waals surface area contributed by atoms with Gasteiger partial charge in [0.1, 0.15) is 0 Å². The van der Waals surface area contributed by atoms with Crippen molar-refractivity contribution < 1.29 is 4.79 Å². The maximum absolute atomic E-state index is 11.8. The average molecular weight is 167 g/mol. The number of hydrogen-bond donors (Lipinski definition) is 1. The third-order valence-corrected chi connectivity index (χ3v) is 3.46. The normalized spacial score (nSPS) is 28.4. The van der Waals surface area contributed by atoms with E-state index in [-0.39, 0.29) is 0 Å². The molecule has 0 aliphatic heterocycles. The Morgan fingerprint density at radius 1 is 1.17 bits per heavy atom. The predicted octanol–water partition coefficient (Wildman–Crippen LogP) is 1.63. The van der Waals surface area contributed by atoms with Crippen LogP contribution < -0.4 is 5.73 Å². The van der Waals surface area contributed by atoms with Crippen molar-refractivity contribution in [3.8, 4) is 0 Å². The molecule has 0 amide bonds. The van der Waals surface area contributed by atoms with Crippen LogP contribution in [0.25, 0.3) is 0 Å². The van der Waals surface area contributed by atoms with Crippen LogP contribution in [0.15, 0.2) is 0 Å². The van der Waals surface area contributed by atoms with Gasteiger partial charge in [-0.25, -0.2) is 0 Å². The highest BCUT2D eigenvalue weighted by atomic mass is 16.1. The zero-order valence-corrected chi connectivity index (χ0v) is 7.51. The Morgan fingerprint density at radius 2 is 1.75 bits per heavy atom. The fourth-order valence-corrected chi connectivity index (χ4v) is 2.33. The van der Waals surface area contributed by atoms with E-state index in [0.717, 1.165) is 38.5 Å². The molecule has 2 nitrogen and oxygen atoms in total. The summed E-state index contributed by atoms with van der Waals surface area (Å²) < 4.78 is 0. The molecule has 0 saturated heterocycles. The topological polar surface area (TPSA) is 43.1 Å². The van der Waals surface area contributed by atoms with Crippen LogP contribution in [-0.2, 0) is 4.79 Å². The van der Waals surface area contributed by atoms with E-state index in [1.807, 2.05) is 0 Å². The molecule has 0 heterocycles. The molecule has 68 valence electrons. The zero-order chi connectivity index (χ0) is 8.60. The van der Waals surface area contributed by atoms with Crippen molar-refractivity contribution in [2.24, 2.45) is 11.7 Å². The van der Waals surface area contributed by atoms with E-state index < -0.39 is 5.54 Å². The molecule has 2 fully saturated rings. The van der Waals surface area contributed by atoms with Crippen molar-refractivity contribution in [3.63, 3.8) is 0 Å². The Balaban J connectivity index is 2.01. The van der Waals surface area contributed by atoms with Crippen molar-refractivity contribution in [2.45, 2.75) is 50.5 Å². The lowest BCUT2D eigenvalue weighted by atomic mass is 9.74. The summed E-state index contributed by atoms with van der Waals surface area (Å²) in [5.74, 6) is 0.694. The Hall–Kier alpha value is -0.370. The van der Waals surface area contributed by atoms with E-state index in [1.54, 1.807) is 0 Å². The van der Waals surface area contributed by atoms with Crippen molar-refractivity contribution >= 4 is 5.78 Å². The second-order valence-corrected chi connectivity index (χ2v) is 4.36. The van der Waals surface area contributed by atoms with E-state index in [0.29, 0.717) is 11.7 Å². The SMILES string of the molecule is NC1(C(=O)C2CCC2)CCCC1. The van der Waals surface area contributed by atoms with E-state index in [9.17, 15) is 4.79 Å². The van der Waals surface area contributed by atoms with Gasteiger partial charge in [-0.3, -0.25) is 4.79 Å². The molecule has 2 rings (SSSR count). The summed E-state index contributed by atoms with van der Waals surface area (Å²) in [5.41, 5.74) is 5.65. The Morgan fingerprint density at radius 3 is 2.17 bits per heavy atom. The van der Waals surface area contributed by atoms with E-state index >= 15 is 0 Å². The van der Waals surface area contributed by atoms with E-state index in [2.05, 4.69) is 0 Å². The largest absolute Gasteiger partial charge is 0.319 e. The maximum Gasteiger partial charge on any atom is 0.155 e. The first-order valence-corrected chi connectivity index (χ1v) is 5.06. The van der Waals surface area contributed by atoms with Crippen LogP contribution >= 0.6 is 0 Å². The first kappa shape index (κ1) is 8.24. The molecule has 0 aromatic heterocycles. The van der Waals surface area contributed by atoms with E-state index in [4.69, 9.17) is 5.73 Å². The molecular weight excluding hydrogens is 150 g/mol. The van der Waals surface area contributed by atoms with Gasteiger partial charge in [0, 0.05) is 5.92 Å². The summed E-state index contributed by atoms with van der Waals surface area (Å²) in [6.45, 7) is 0. The molecule has 2 saturated carbocycles. The fourth-order valence-electron chi connectivity index (χ4n) is 2.33. The molecule has 0 aromatic rings. The minimum absolute atomic E-state index is 0.327. The highest BCUT2D eigenvalue weighted by molar-refractivity contribution is 5.91. The molecule has 2 N–H and O–H groups in total. The number of nitrogens with two attached hydrogens (primary N) is 1. The molecule has 2 heteroatoms. The number of rotatable bonds is 2. The number of Topliss-reactive ketones (excluding diaryl/α,β-unsaturated/α-hetero) is 1. The fraction of sp³-hybridized carbons (Fsp3) is 0.900. The molecule has 0 atom stereocenters. The highest BCUT2D eigenvalue weighted by Gasteiger charge is 2.42. The number of hydrogen-bond acceptors (Lipinski definition) is 2. The van der Waals surface area contributed by atoms with Gasteiger partial charge in [0.25, 0.3) is 0 Å². The molecule has 0 radical (unpaired) electrons. The minimum atomic E-state index is -0.412. The molecule has 0 spiro atoms. The first-order valence-electron chi connectivity index (χ1n) is 5.06. The summed E-state index contributed by atoms with van der Waals surface area (Å²) in [7, 11) is 0. The summed E-state index contributed by atoms with van der Waals surface area (Å²) in [6, 6.07) is 0. The van der Waals surface area contributed by atoms with Crippen molar-refractivity contribution in [1.29, 1.82) is 0 Å². The molecule has 0 unspecified atom stereocenters. The van der Waals surface area contributed by atoms with Gasteiger partial charge in [0.2, 0.25) is 0 Å². The molecular formula is C10H17NO. The number of carbonyl (C=O) groups excluding carboxylic acids is 1. The molecule has 2 aliphatic rings. The summed E-state index contributed by atoms with van der Waals surface area (Å²) >= 11 is 0. The van der Waals surface area contributed by atoms with Gasteiger partial charge in [-0.15, -0.1) is 0 Å². The minimum Gasteiger partial charge on any atom is -0.319 e.